The van der Waals surface area contributed by atoms with Crippen molar-refractivity contribution in [2.24, 2.45) is 0 Å². The number of aromatic nitrogens is 2. The van der Waals surface area contributed by atoms with E-state index >= 15 is 0 Å². The molecule has 3 rings (SSSR count). The fourth-order valence-electron chi connectivity index (χ4n) is 3.02. The van der Waals surface area contributed by atoms with Crippen LogP contribution < -0.4 is 9.64 Å². The summed E-state index contributed by atoms with van der Waals surface area (Å²) in [6, 6.07) is 6.20. The van der Waals surface area contributed by atoms with Gasteiger partial charge in [-0.1, -0.05) is 12.1 Å². The van der Waals surface area contributed by atoms with Gasteiger partial charge in [-0.15, -0.1) is 0 Å². The Hall–Kier alpha value is -2.25. The topological polar surface area (TPSA) is 61.7 Å². The number of ether oxygens (including phenoxy) is 1. The van der Waals surface area contributed by atoms with E-state index < -0.39 is 11.9 Å². The van der Waals surface area contributed by atoms with E-state index in [1.165, 1.54) is 6.07 Å². The molecule has 25 heavy (non-hydrogen) atoms. The average molecular weight is 346 g/mol. The number of anilines is 1. The number of halogens is 1. The number of aliphatic hydroxyl groups is 1. The highest BCUT2D eigenvalue weighted by Crippen LogP contribution is 2.24. The van der Waals surface area contributed by atoms with E-state index in [1.807, 2.05) is 19.0 Å². The molecule has 1 atom stereocenters. The smallest absolute Gasteiger partial charge is 0.165 e. The lowest BCUT2D eigenvalue weighted by molar-refractivity contribution is 0.0622. The molecule has 1 aliphatic rings. The maximum absolute atomic E-state index is 13.5. The highest BCUT2D eigenvalue weighted by molar-refractivity contribution is 5.48. The van der Waals surface area contributed by atoms with E-state index in [0.717, 1.165) is 30.0 Å². The van der Waals surface area contributed by atoms with Gasteiger partial charge in [0.15, 0.2) is 11.6 Å². The maximum atomic E-state index is 13.5. The number of nitrogens with zero attached hydrogens (tertiary/aromatic N) is 4. The first-order chi connectivity index (χ1) is 12.0. The lowest BCUT2D eigenvalue weighted by Crippen LogP contribution is -2.39. The summed E-state index contributed by atoms with van der Waals surface area (Å²) in [4.78, 5) is 12.8. The number of aliphatic hydroxyl groups excluding tert-OH is 1. The van der Waals surface area contributed by atoms with Gasteiger partial charge in [-0.3, -0.25) is 4.90 Å². The number of benzene rings is 1. The highest BCUT2D eigenvalue weighted by Gasteiger charge is 2.23. The number of fused-ring (bicyclic) bond motifs is 1. The quantitative estimate of drug-likeness (QED) is 0.855. The second-order valence-electron chi connectivity index (χ2n) is 6.40. The normalized spacial score (nSPS) is 15.5. The van der Waals surface area contributed by atoms with Crippen molar-refractivity contribution in [1.29, 1.82) is 0 Å². The van der Waals surface area contributed by atoms with Crippen molar-refractivity contribution in [3.8, 4) is 5.75 Å². The summed E-state index contributed by atoms with van der Waals surface area (Å²) in [6.45, 7) is 2.00. The minimum Gasteiger partial charge on any atom is -0.488 e. The third-order valence-electron chi connectivity index (χ3n) is 4.22. The third kappa shape index (κ3) is 4.24. The number of hydrogen-bond donors (Lipinski definition) is 1. The molecule has 1 aromatic heterocycles. The van der Waals surface area contributed by atoms with Gasteiger partial charge in [-0.25, -0.2) is 14.4 Å². The Morgan fingerprint density at radius 2 is 2.12 bits per heavy atom. The predicted octanol–water partition coefficient (Wildman–Crippen LogP) is 1.48. The fraction of sp³-hybridized carbons (Fsp3) is 0.444. The molecule has 0 saturated carbocycles. The molecule has 0 bridgehead atoms. The van der Waals surface area contributed by atoms with E-state index in [2.05, 4.69) is 14.9 Å². The molecule has 1 N–H and O–H groups in total. The molecular formula is C18H23FN4O2. The molecule has 0 fully saturated rings. The minimum atomic E-state index is -0.700. The summed E-state index contributed by atoms with van der Waals surface area (Å²) in [5.74, 6) is 0.648. The minimum absolute atomic E-state index is 0.0517. The Bertz CT molecular complexity index is 726. The van der Waals surface area contributed by atoms with Gasteiger partial charge in [0, 0.05) is 45.7 Å². The molecule has 6 nitrogen and oxygen atoms in total. The molecule has 0 radical (unpaired) electrons. The van der Waals surface area contributed by atoms with Crippen LogP contribution in [0.25, 0.3) is 0 Å². The van der Waals surface area contributed by atoms with Crippen LogP contribution in [-0.4, -0.2) is 59.9 Å². The van der Waals surface area contributed by atoms with Gasteiger partial charge in [-0.05, 0) is 12.1 Å². The number of para-hydroxylation sites is 1. The summed E-state index contributed by atoms with van der Waals surface area (Å²) < 4.78 is 18.9. The zero-order valence-corrected chi connectivity index (χ0v) is 14.5. The summed E-state index contributed by atoms with van der Waals surface area (Å²) >= 11 is 0. The van der Waals surface area contributed by atoms with Crippen LogP contribution in [0.3, 0.4) is 0 Å². The van der Waals surface area contributed by atoms with Gasteiger partial charge in [0.1, 0.15) is 24.9 Å². The van der Waals surface area contributed by atoms with Crippen molar-refractivity contribution in [3.63, 3.8) is 0 Å². The van der Waals surface area contributed by atoms with Crippen LogP contribution in [0.1, 0.15) is 11.3 Å². The zero-order valence-electron chi connectivity index (χ0n) is 14.5. The average Bonchev–Trinajstić information content (AvgIpc) is 2.60. The van der Waals surface area contributed by atoms with Crippen LogP contribution in [0.2, 0.25) is 0 Å². The second-order valence-corrected chi connectivity index (χ2v) is 6.40. The molecule has 0 unspecified atom stereocenters. The van der Waals surface area contributed by atoms with Crippen molar-refractivity contribution in [2.45, 2.75) is 19.1 Å². The van der Waals surface area contributed by atoms with E-state index in [1.54, 1.807) is 24.5 Å². The van der Waals surface area contributed by atoms with Crippen molar-refractivity contribution >= 4 is 5.82 Å². The molecule has 1 aromatic carbocycles. The Labute approximate surface area is 146 Å². The molecular weight excluding hydrogens is 323 g/mol. The van der Waals surface area contributed by atoms with Gasteiger partial charge in [0.05, 0.1) is 5.69 Å². The Morgan fingerprint density at radius 3 is 2.88 bits per heavy atom. The van der Waals surface area contributed by atoms with Crippen LogP contribution in [0, 0.1) is 5.82 Å². The van der Waals surface area contributed by atoms with Crippen molar-refractivity contribution in [1.82, 2.24) is 14.9 Å². The number of rotatable bonds is 6. The first-order valence-corrected chi connectivity index (χ1v) is 8.32. The maximum Gasteiger partial charge on any atom is 0.165 e. The molecule has 7 heteroatoms. The van der Waals surface area contributed by atoms with Gasteiger partial charge in [-0.2, -0.15) is 0 Å². The Kier molecular flexibility index (Phi) is 5.45. The monoisotopic (exact) mass is 346 g/mol. The number of hydrogen-bond acceptors (Lipinski definition) is 6. The van der Waals surface area contributed by atoms with Gasteiger partial charge in [0.2, 0.25) is 0 Å². The van der Waals surface area contributed by atoms with Gasteiger partial charge >= 0.3 is 0 Å². The predicted molar refractivity (Wildman–Crippen MR) is 93.2 cm³/mol. The Balaban J connectivity index is 1.58. The fourth-order valence-corrected chi connectivity index (χ4v) is 3.02. The molecule has 0 aliphatic carbocycles. The van der Waals surface area contributed by atoms with Crippen LogP contribution in [-0.2, 0) is 13.0 Å². The molecule has 2 heterocycles. The van der Waals surface area contributed by atoms with E-state index in [-0.39, 0.29) is 12.4 Å². The highest BCUT2D eigenvalue weighted by atomic mass is 19.1. The van der Waals surface area contributed by atoms with Gasteiger partial charge < -0.3 is 14.7 Å². The van der Waals surface area contributed by atoms with E-state index in [4.69, 9.17) is 4.74 Å². The van der Waals surface area contributed by atoms with Crippen molar-refractivity contribution in [3.05, 3.63) is 47.7 Å². The van der Waals surface area contributed by atoms with E-state index in [9.17, 15) is 9.50 Å². The van der Waals surface area contributed by atoms with Crippen molar-refractivity contribution in [2.75, 3.05) is 38.7 Å². The summed E-state index contributed by atoms with van der Waals surface area (Å²) in [5, 5.41) is 10.2. The van der Waals surface area contributed by atoms with Gasteiger partial charge in [0.25, 0.3) is 0 Å². The second kappa shape index (κ2) is 7.76. The molecule has 1 aliphatic heterocycles. The zero-order chi connectivity index (χ0) is 17.8. The molecule has 2 aromatic rings. The number of β-amino-alcohol motifs (C(OH)–C–C–N with tert-alkyl or cyclic N) is 1. The lowest BCUT2D eigenvalue weighted by Gasteiger charge is -2.31. The summed E-state index contributed by atoms with van der Waals surface area (Å²) in [5.41, 5.74) is 2.16. The van der Waals surface area contributed by atoms with Crippen LogP contribution in [0.4, 0.5) is 10.2 Å². The molecule has 0 saturated heterocycles. The molecule has 0 spiro atoms. The largest absolute Gasteiger partial charge is 0.488 e. The Morgan fingerprint density at radius 1 is 1.32 bits per heavy atom. The first-order valence-electron chi connectivity index (χ1n) is 8.32. The lowest BCUT2D eigenvalue weighted by atomic mass is 10.1. The standard InChI is InChI=1S/C18H23FN4O2/c1-22(2)18-14-10-23(8-7-16(14)20-12-21-18)9-13(24)11-25-17-6-4-3-5-15(17)19/h3-6,12-13,24H,7-11H2,1-2H3/t13-/m1/s1. The van der Waals surface area contributed by atoms with Crippen molar-refractivity contribution < 1.29 is 14.2 Å². The summed E-state index contributed by atoms with van der Waals surface area (Å²) in [6.07, 6.45) is 1.72. The van der Waals surface area contributed by atoms with Crippen LogP contribution in [0.5, 0.6) is 5.75 Å². The van der Waals surface area contributed by atoms with Crippen LogP contribution in [0.15, 0.2) is 30.6 Å². The molecule has 0 amide bonds. The summed E-state index contributed by atoms with van der Waals surface area (Å²) in [7, 11) is 3.91. The first kappa shape index (κ1) is 17.6. The van der Waals surface area contributed by atoms with Crippen LogP contribution >= 0.6 is 0 Å². The molecule has 134 valence electrons. The third-order valence-corrected chi connectivity index (χ3v) is 4.22. The SMILES string of the molecule is CN(C)c1ncnc2c1CN(C[C@@H](O)COc1ccccc1F)CC2. The van der Waals surface area contributed by atoms with E-state index in [0.29, 0.717) is 13.1 Å².